The Morgan fingerprint density at radius 1 is 1.08 bits per heavy atom. The van der Waals surface area contributed by atoms with Crippen LogP contribution in [0.5, 0.6) is 0 Å². The molecule has 2 aromatic heterocycles. The van der Waals surface area contributed by atoms with Gasteiger partial charge in [0.2, 0.25) is 5.78 Å². The fourth-order valence-electron chi connectivity index (χ4n) is 2.02. The maximum atomic E-state index is 13.5. The Bertz CT molecular complexity index is 858. The van der Waals surface area contributed by atoms with Gasteiger partial charge in [-0.25, -0.2) is 9.18 Å². The number of thiophene rings is 1. The number of amides is 2. The molecule has 0 radical (unpaired) electrons. The number of benzene rings is 1. The van der Waals surface area contributed by atoms with Crippen molar-refractivity contribution in [2.24, 2.45) is 0 Å². The highest BCUT2D eigenvalue weighted by Gasteiger charge is 2.14. The van der Waals surface area contributed by atoms with E-state index in [2.05, 4.69) is 10.6 Å². The molecule has 3 rings (SSSR count). The molecule has 0 saturated carbocycles. The largest absolute Gasteiger partial charge is 0.461 e. The second-order valence-corrected chi connectivity index (χ2v) is 6.03. The van der Waals surface area contributed by atoms with E-state index in [0.717, 1.165) is 4.88 Å². The number of anilines is 1. The van der Waals surface area contributed by atoms with Crippen LogP contribution in [0.3, 0.4) is 0 Å². The van der Waals surface area contributed by atoms with Crippen molar-refractivity contribution in [3.05, 3.63) is 76.1 Å². The van der Waals surface area contributed by atoms with Crippen molar-refractivity contribution in [3.8, 4) is 0 Å². The number of nitrogens with one attached hydrogen (secondary N) is 2. The van der Waals surface area contributed by atoms with Crippen molar-refractivity contribution in [1.82, 2.24) is 5.32 Å². The first-order valence-corrected chi connectivity index (χ1v) is 7.91. The highest BCUT2D eigenvalue weighted by Crippen LogP contribution is 2.20. The van der Waals surface area contributed by atoms with Crippen molar-refractivity contribution in [2.75, 3.05) is 5.32 Å². The zero-order valence-corrected chi connectivity index (χ0v) is 13.2. The summed E-state index contributed by atoms with van der Waals surface area (Å²) >= 11 is 1.26. The van der Waals surface area contributed by atoms with Crippen LogP contribution in [-0.2, 0) is 6.54 Å². The summed E-state index contributed by atoms with van der Waals surface area (Å²) in [7, 11) is 0. The zero-order chi connectivity index (χ0) is 16.9. The molecule has 0 aliphatic carbocycles. The molecule has 0 atom stereocenters. The van der Waals surface area contributed by atoms with E-state index in [0.29, 0.717) is 4.88 Å². The molecule has 24 heavy (non-hydrogen) atoms. The van der Waals surface area contributed by atoms with Crippen molar-refractivity contribution in [3.63, 3.8) is 0 Å². The van der Waals surface area contributed by atoms with Gasteiger partial charge in [0.25, 0.3) is 0 Å². The Balaban J connectivity index is 1.56. The van der Waals surface area contributed by atoms with Crippen molar-refractivity contribution in [1.29, 1.82) is 0 Å². The van der Waals surface area contributed by atoms with Gasteiger partial charge < -0.3 is 15.1 Å². The summed E-state index contributed by atoms with van der Waals surface area (Å²) < 4.78 is 18.5. The van der Waals surface area contributed by atoms with Crippen LogP contribution < -0.4 is 10.6 Å². The van der Waals surface area contributed by atoms with Crippen LogP contribution in [0, 0.1) is 5.82 Å². The average molecular weight is 344 g/mol. The summed E-state index contributed by atoms with van der Waals surface area (Å²) in [5, 5.41) is 5.05. The molecule has 3 aromatic rings. The number of carbonyl (C=O) groups excluding carboxylic acids is 2. The number of carbonyl (C=O) groups is 2. The number of para-hydroxylation sites is 1. The third-order valence-corrected chi connectivity index (χ3v) is 4.26. The van der Waals surface area contributed by atoms with Crippen LogP contribution in [0.25, 0.3) is 0 Å². The van der Waals surface area contributed by atoms with E-state index in [1.807, 2.05) is 0 Å². The summed E-state index contributed by atoms with van der Waals surface area (Å²) in [6.45, 7) is 0.233. The maximum absolute atomic E-state index is 13.5. The second kappa shape index (κ2) is 7.10. The molecular formula is C17H13FN2O3S. The van der Waals surface area contributed by atoms with E-state index in [9.17, 15) is 14.0 Å². The van der Waals surface area contributed by atoms with Crippen molar-refractivity contribution < 1.29 is 18.4 Å². The van der Waals surface area contributed by atoms with Gasteiger partial charge >= 0.3 is 6.03 Å². The van der Waals surface area contributed by atoms with Gasteiger partial charge in [-0.15, -0.1) is 11.3 Å². The summed E-state index contributed by atoms with van der Waals surface area (Å²) in [6, 6.07) is 12.1. The number of furan rings is 1. The average Bonchev–Trinajstić information content (AvgIpc) is 3.26. The Hall–Kier alpha value is -2.93. The predicted molar refractivity (Wildman–Crippen MR) is 88.7 cm³/mol. The summed E-state index contributed by atoms with van der Waals surface area (Å²) in [5.41, 5.74) is 0.106. The predicted octanol–water partition coefficient (Wildman–Crippen LogP) is 4.03. The van der Waals surface area contributed by atoms with Gasteiger partial charge in [-0.05, 0) is 36.4 Å². The molecule has 2 amide bonds. The van der Waals surface area contributed by atoms with Crippen LogP contribution in [0.2, 0.25) is 0 Å². The van der Waals surface area contributed by atoms with Crippen LogP contribution in [0.15, 0.2) is 59.2 Å². The van der Waals surface area contributed by atoms with Gasteiger partial charge in [0, 0.05) is 4.88 Å². The van der Waals surface area contributed by atoms with E-state index < -0.39 is 11.8 Å². The molecule has 0 unspecified atom stereocenters. The molecule has 0 bridgehead atoms. The van der Waals surface area contributed by atoms with Gasteiger partial charge in [0.1, 0.15) is 5.82 Å². The number of hydrogen-bond donors (Lipinski definition) is 2. The highest BCUT2D eigenvalue weighted by atomic mass is 32.1. The molecule has 122 valence electrons. The molecule has 0 saturated heterocycles. The lowest BCUT2D eigenvalue weighted by atomic mass is 10.2. The zero-order valence-electron chi connectivity index (χ0n) is 12.4. The first kappa shape index (κ1) is 15.9. The van der Waals surface area contributed by atoms with E-state index in [-0.39, 0.29) is 23.8 Å². The first-order chi connectivity index (χ1) is 11.6. The van der Waals surface area contributed by atoms with Crippen LogP contribution in [-0.4, -0.2) is 11.8 Å². The lowest BCUT2D eigenvalue weighted by molar-refractivity contribution is 0.101. The second-order valence-electron chi connectivity index (χ2n) is 4.86. The minimum absolute atomic E-state index is 0.106. The minimum Gasteiger partial charge on any atom is -0.461 e. The number of halogens is 1. The van der Waals surface area contributed by atoms with E-state index >= 15 is 0 Å². The number of ketones is 1. The molecular weight excluding hydrogens is 331 g/mol. The quantitative estimate of drug-likeness (QED) is 0.686. The molecule has 7 heteroatoms. The van der Waals surface area contributed by atoms with Gasteiger partial charge in [-0.1, -0.05) is 12.1 Å². The standard InChI is InChI=1S/C17H13FN2O3S/c18-12-4-1-2-5-13(12)20-17(22)19-10-11-7-8-15(24-11)16(21)14-6-3-9-23-14/h1-9H,10H2,(H2,19,20,22). The Labute approximate surface area is 141 Å². The van der Waals surface area contributed by atoms with Gasteiger partial charge in [-0.2, -0.15) is 0 Å². The molecule has 0 spiro atoms. The third kappa shape index (κ3) is 3.69. The summed E-state index contributed by atoms with van der Waals surface area (Å²) in [6.07, 6.45) is 1.44. The topological polar surface area (TPSA) is 71.3 Å². The van der Waals surface area contributed by atoms with Crippen LogP contribution >= 0.6 is 11.3 Å². The van der Waals surface area contributed by atoms with Crippen LogP contribution in [0.1, 0.15) is 20.3 Å². The van der Waals surface area contributed by atoms with Gasteiger partial charge in [0.15, 0.2) is 5.76 Å². The molecule has 0 aliphatic rings. The molecule has 2 heterocycles. The first-order valence-electron chi connectivity index (χ1n) is 7.10. The van der Waals surface area contributed by atoms with Crippen LogP contribution in [0.4, 0.5) is 14.9 Å². The van der Waals surface area contributed by atoms with E-state index in [1.165, 1.54) is 29.7 Å². The number of urea groups is 1. The minimum atomic E-state index is -0.521. The lowest BCUT2D eigenvalue weighted by Gasteiger charge is -2.07. The summed E-state index contributed by atoms with van der Waals surface area (Å²) in [4.78, 5) is 25.2. The number of rotatable bonds is 5. The molecule has 0 fully saturated rings. The Kier molecular flexibility index (Phi) is 4.72. The third-order valence-electron chi connectivity index (χ3n) is 3.18. The molecule has 2 N–H and O–H groups in total. The monoisotopic (exact) mass is 344 g/mol. The molecule has 5 nitrogen and oxygen atoms in total. The molecule has 1 aromatic carbocycles. The SMILES string of the molecule is O=C(NCc1ccc(C(=O)c2ccco2)s1)Nc1ccccc1F. The van der Waals surface area contributed by atoms with Crippen molar-refractivity contribution in [2.45, 2.75) is 6.54 Å². The maximum Gasteiger partial charge on any atom is 0.319 e. The van der Waals surface area contributed by atoms with E-state index in [4.69, 9.17) is 4.42 Å². The lowest BCUT2D eigenvalue weighted by Crippen LogP contribution is -2.28. The highest BCUT2D eigenvalue weighted by molar-refractivity contribution is 7.14. The van der Waals surface area contributed by atoms with Crippen molar-refractivity contribution >= 4 is 28.8 Å². The van der Waals surface area contributed by atoms with Gasteiger partial charge in [-0.3, -0.25) is 4.79 Å². The normalized spacial score (nSPS) is 10.4. The fraction of sp³-hybridized carbons (Fsp3) is 0.0588. The number of hydrogen-bond acceptors (Lipinski definition) is 4. The Morgan fingerprint density at radius 3 is 2.67 bits per heavy atom. The fourth-order valence-corrected chi connectivity index (χ4v) is 2.91. The summed E-state index contributed by atoms with van der Waals surface area (Å²) in [5.74, 6) is -0.434. The van der Waals surface area contributed by atoms with E-state index in [1.54, 1.807) is 36.4 Å². The smallest absolute Gasteiger partial charge is 0.319 e. The van der Waals surface area contributed by atoms with Gasteiger partial charge in [0.05, 0.1) is 23.4 Å². The Morgan fingerprint density at radius 2 is 1.92 bits per heavy atom. The molecule has 0 aliphatic heterocycles.